The molecular weight excluding hydrogens is 264 g/mol. The fourth-order valence-corrected chi connectivity index (χ4v) is 1.25. The zero-order valence-electron chi connectivity index (χ0n) is 10.1. The van der Waals surface area contributed by atoms with Crippen molar-refractivity contribution in [3.8, 4) is 6.07 Å². The maximum atomic E-state index is 13.4. The molecule has 0 fully saturated rings. The van der Waals surface area contributed by atoms with Crippen LogP contribution in [0.25, 0.3) is 0 Å². The van der Waals surface area contributed by atoms with E-state index in [9.17, 15) is 22.4 Å². The molecular formula is C12H10F4N2O. The van der Waals surface area contributed by atoms with Gasteiger partial charge in [-0.25, -0.2) is 4.39 Å². The first-order chi connectivity index (χ1) is 8.57. The van der Waals surface area contributed by atoms with Crippen LogP contribution in [0.3, 0.4) is 0 Å². The molecule has 1 aromatic rings. The van der Waals surface area contributed by atoms with Crippen LogP contribution in [0.1, 0.15) is 29.8 Å². The molecule has 0 unspecified atom stereocenters. The Morgan fingerprint density at radius 1 is 1.32 bits per heavy atom. The molecule has 0 aromatic heterocycles. The van der Waals surface area contributed by atoms with Gasteiger partial charge < -0.3 is 5.32 Å². The van der Waals surface area contributed by atoms with Crippen molar-refractivity contribution in [2.75, 3.05) is 0 Å². The summed E-state index contributed by atoms with van der Waals surface area (Å²) in [5.41, 5.74) is -3.19. The first kappa shape index (κ1) is 15.0. The van der Waals surface area contributed by atoms with E-state index in [-0.39, 0.29) is 0 Å². The summed E-state index contributed by atoms with van der Waals surface area (Å²) in [7, 11) is 0. The Labute approximate surface area is 106 Å². The number of nitriles is 1. The number of rotatable bonds is 2. The first-order valence-electron chi connectivity index (χ1n) is 5.17. The molecule has 0 aliphatic heterocycles. The largest absolute Gasteiger partial charge is 0.416 e. The molecule has 0 aliphatic rings. The molecule has 0 aliphatic carbocycles. The van der Waals surface area contributed by atoms with Crippen LogP contribution in [0.4, 0.5) is 17.6 Å². The van der Waals surface area contributed by atoms with Crippen molar-refractivity contribution in [2.45, 2.75) is 25.6 Å². The van der Waals surface area contributed by atoms with Crippen molar-refractivity contribution in [3.05, 3.63) is 35.1 Å². The van der Waals surface area contributed by atoms with Crippen molar-refractivity contribution >= 4 is 5.91 Å². The Hall–Kier alpha value is -2.10. The smallest absolute Gasteiger partial charge is 0.334 e. The molecule has 3 nitrogen and oxygen atoms in total. The minimum Gasteiger partial charge on any atom is -0.334 e. The summed E-state index contributed by atoms with van der Waals surface area (Å²) in [4.78, 5) is 11.6. The standard InChI is InChI=1S/C12H10F4N2O/c1-11(2,6-17)18-10(19)8-5-7(12(14,15)16)3-4-9(8)13/h3-5H,1-2H3,(H,18,19). The van der Waals surface area contributed by atoms with E-state index >= 15 is 0 Å². The highest BCUT2D eigenvalue weighted by molar-refractivity contribution is 5.95. The number of hydrogen-bond donors (Lipinski definition) is 1. The lowest BCUT2D eigenvalue weighted by atomic mass is 10.1. The summed E-state index contributed by atoms with van der Waals surface area (Å²) in [6.07, 6.45) is -4.67. The summed E-state index contributed by atoms with van der Waals surface area (Å²) in [6.45, 7) is 2.69. The number of hydrogen-bond acceptors (Lipinski definition) is 2. The molecule has 0 bridgehead atoms. The number of amides is 1. The third-order valence-corrected chi connectivity index (χ3v) is 2.24. The molecule has 19 heavy (non-hydrogen) atoms. The maximum Gasteiger partial charge on any atom is 0.416 e. The van der Waals surface area contributed by atoms with Crippen LogP contribution in [0.2, 0.25) is 0 Å². The van der Waals surface area contributed by atoms with Crippen LogP contribution in [0.5, 0.6) is 0 Å². The van der Waals surface area contributed by atoms with E-state index in [0.29, 0.717) is 18.2 Å². The molecule has 0 spiro atoms. The lowest BCUT2D eigenvalue weighted by molar-refractivity contribution is -0.137. The minimum atomic E-state index is -4.67. The fraction of sp³-hybridized carbons (Fsp3) is 0.333. The molecule has 1 aromatic carbocycles. The van der Waals surface area contributed by atoms with Crippen LogP contribution in [0.15, 0.2) is 18.2 Å². The van der Waals surface area contributed by atoms with Crippen molar-refractivity contribution in [1.29, 1.82) is 5.26 Å². The summed E-state index contributed by atoms with van der Waals surface area (Å²) in [6, 6.07) is 3.25. The molecule has 0 saturated carbocycles. The lowest BCUT2D eigenvalue weighted by Gasteiger charge is -2.18. The zero-order chi connectivity index (χ0) is 14.8. The van der Waals surface area contributed by atoms with E-state index in [1.54, 1.807) is 6.07 Å². The first-order valence-corrected chi connectivity index (χ1v) is 5.17. The average molecular weight is 274 g/mol. The lowest BCUT2D eigenvalue weighted by Crippen LogP contribution is -2.42. The molecule has 1 rings (SSSR count). The predicted octanol–water partition coefficient (Wildman–Crippen LogP) is 2.88. The summed E-state index contributed by atoms with van der Waals surface area (Å²) < 4.78 is 50.8. The van der Waals surface area contributed by atoms with E-state index in [2.05, 4.69) is 5.32 Å². The third kappa shape index (κ3) is 3.68. The van der Waals surface area contributed by atoms with E-state index in [1.807, 2.05) is 0 Å². The highest BCUT2D eigenvalue weighted by Crippen LogP contribution is 2.30. The SMILES string of the molecule is CC(C)(C#N)NC(=O)c1cc(C(F)(F)F)ccc1F. The normalized spacial score (nSPS) is 11.8. The second kappa shape index (κ2) is 4.88. The van der Waals surface area contributed by atoms with Gasteiger partial charge in [0.2, 0.25) is 0 Å². The number of benzene rings is 1. The summed E-state index contributed by atoms with van der Waals surface area (Å²) >= 11 is 0. The van der Waals surface area contributed by atoms with Gasteiger partial charge in [-0.2, -0.15) is 18.4 Å². The Morgan fingerprint density at radius 2 is 1.89 bits per heavy atom. The van der Waals surface area contributed by atoms with Gasteiger partial charge in [-0.3, -0.25) is 4.79 Å². The number of nitrogens with zero attached hydrogens (tertiary/aromatic N) is 1. The quantitative estimate of drug-likeness (QED) is 0.843. The molecule has 1 N–H and O–H groups in total. The van der Waals surface area contributed by atoms with Gasteiger partial charge >= 0.3 is 6.18 Å². The topological polar surface area (TPSA) is 52.9 Å². The van der Waals surface area contributed by atoms with Crippen molar-refractivity contribution < 1.29 is 22.4 Å². The second-order valence-electron chi connectivity index (χ2n) is 4.38. The number of nitrogens with one attached hydrogen (secondary N) is 1. The average Bonchev–Trinajstić information content (AvgIpc) is 2.27. The van der Waals surface area contributed by atoms with Gasteiger partial charge in [-0.15, -0.1) is 0 Å². The molecule has 0 saturated heterocycles. The highest BCUT2D eigenvalue weighted by atomic mass is 19.4. The monoisotopic (exact) mass is 274 g/mol. The van der Waals surface area contributed by atoms with Crippen molar-refractivity contribution in [3.63, 3.8) is 0 Å². The van der Waals surface area contributed by atoms with E-state index < -0.39 is 34.6 Å². The number of alkyl halides is 3. The van der Waals surface area contributed by atoms with Gasteiger partial charge in [0.1, 0.15) is 11.4 Å². The van der Waals surface area contributed by atoms with Crippen LogP contribution in [-0.2, 0) is 6.18 Å². The van der Waals surface area contributed by atoms with E-state index in [1.165, 1.54) is 13.8 Å². The van der Waals surface area contributed by atoms with E-state index in [4.69, 9.17) is 5.26 Å². The zero-order valence-corrected chi connectivity index (χ0v) is 10.1. The van der Waals surface area contributed by atoms with Gasteiger partial charge in [0.05, 0.1) is 17.2 Å². The molecule has 102 valence electrons. The Morgan fingerprint density at radius 3 is 2.37 bits per heavy atom. The number of halogens is 4. The van der Waals surface area contributed by atoms with Crippen LogP contribution in [0, 0.1) is 17.1 Å². The van der Waals surface area contributed by atoms with Crippen molar-refractivity contribution in [1.82, 2.24) is 5.32 Å². The molecule has 0 radical (unpaired) electrons. The van der Waals surface area contributed by atoms with Crippen LogP contribution < -0.4 is 5.32 Å². The van der Waals surface area contributed by atoms with Gasteiger partial charge in [-0.05, 0) is 32.0 Å². The summed E-state index contributed by atoms with van der Waals surface area (Å²) in [5, 5.41) is 10.8. The second-order valence-corrected chi connectivity index (χ2v) is 4.38. The molecule has 7 heteroatoms. The Bertz CT molecular complexity index is 544. The summed E-state index contributed by atoms with van der Waals surface area (Å²) in [5.74, 6) is -2.16. The molecule has 0 heterocycles. The number of carbonyl (C=O) groups is 1. The maximum absolute atomic E-state index is 13.4. The Balaban J connectivity index is 3.14. The van der Waals surface area contributed by atoms with Gasteiger partial charge in [0.25, 0.3) is 5.91 Å². The van der Waals surface area contributed by atoms with Crippen molar-refractivity contribution in [2.24, 2.45) is 0 Å². The molecule has 0 atom stereocenters. The molecule has 1 amide bonds. The predicted molar refractivity (Wildman–Crippen MR) is 58.6 cm³/mol. The van der Waals surface area contributed by atoms with Crippen LogP contribution >= 0.6 is 0 Å². The van der Waals surface area contributed by atoms with Gasteiger partial charge in [-0.1, -0.05) is 0 Å². The van der Waals surface area contributed by atoms with Crippen LogP contribution in [-0.4, -0.2) is 11.4 Å². The minimum absolute atomic E-state index is 0.415. The third-order valence-electron chi connectivity index (χ3n) is 2.24. The van der Waals surface area contributed by atoms with Gasteiger partial charge in [0, 0.05) is 0 Å². The Kier molecular flexibility index (Phi) is 3.84. The fourth-order valence-electron chi connectivity index (χ4n) is 1.25. The van der Waals surface area contributed by atoms with E-state index in [0.717, 1.165) is 0 Å². The van der Waals surface area contributed by atoms with Gasteiger partial charge in [0.15, 0.2) is 0 Å². The number of carbonyl (C=O) groups excluding carboxylic acids is 1. The highest BCUT2D eigenvalue weighted by Gasteiger charge is 2.32.